The van der Waals surface area contributed by atoms with Gasteiger partial charge < -0.3 is 0 Å². The van der Waals surface area contributed by atoms with Crippen molar-refractivity contribution in [3.8, 4) is 0 Å². The summed E-state index contributed by atoms with van der Waals surface area (Å²) in [7, 11) is 0. The molecule has 4 aromatic rings. The van der Waals surface area contributed by atoms with Crippen molar-refractivity contribution in [1.82, 2.24) is 20.3 Å². The predicted octanol–water partition coefficient (Wildman–Crippen LogP) is 21.4. The zero-order valence-corrected chi connectivity index (χ0v) is 58.8. The molecule has 0 radical (unpaired) electrons. The molecule has 0 spiro atoms. The fraction of sp³-hybridized carbons (Fsp3) is 0.667. The number of piperidine rings is 4. The van der Waals surface area contributed by atoms with Crippen molar-refractivity contribution in [2.75, 3.05) is 0 Å². The molecule has 4 unspecified atom stereocenters. The molecule has 4 heterocycles. The van der Waals surface area contributed by atoms with Crippen LogP contribution in [0.2, 0.25) is 0 Å². The molecule has 8 heteroatoms. The van der Waals surface area contributed by atoms with E-state index in [2.05, 4.69) is 283 Å². The topological polar surface area (TPSA) is 49.9 Å². The molecule has 4 fully saturated rings. The first-order valence-electron chi connectivity index (χ1n) is 33.9. The average Bonchev–Trinajstić information content (AvgIpc) is 0.938. The van der Waals surface area contributed by atoms with Gasteiger partial charge in [0.25, 0.3) is 0 Å². The van der Waals surface area contributed by atoms with E-state index in [-0.39, 0.29) is 92.4 Å². The first-order valence-corrected chi connectivity index (χ1v) is 33.9. The van der Waals surface area contributed by atoms with Crippen molar-refractivity contribution in [3.05, 3.63) is 142 Å². The highest BCUT2D eigenvalue weighted by atomic mass is 16.7. The highest BCUT2D eigenvalue weighted by molar-refractivity contribution is 6.04. The highest BCUT2D eigenvalue weighted by Gasteiger charge is 2.48. The Labute approximate surface area is 525 Å². The van der Waals surface area contributed by atoms with Gasteiger partial charge in [0.05, 0.1) is 0 Å². The Morgan fingerprint density at radius 2 is 0.395 bits per heavy atom. The van der Waals surface area contributed by atoms with Crippen LogP contribution in [-0.4, -0.2) is 64.6 Å². The van der Waals surface area contributed by atoms with Gasteiger partial charge in [-0.2, -0.15) is 20.3 Å². The molecule has 8 nitrogen and oxygen atoms in total. The molecule has 4 aromatic carbocycles. The van der Waals surface area contributed by atoms with Crippen LogP contribution in [0, 0.1) is 23.7 Å². The number of benzene rings is 4. The molecule has 0 bridgehead atoms. The third-order valence-electron chi connectivity index (χ3n) is 20.4. The summed E-state index contributed by atoms with van der Waals surface area (Å²) in [6.07, 6.45) is 13.2. The van der Waals surface area contributed by atoms with E-state index in [1.807, 2.05) is 0 Å². The number of rotatable bonds is 20. The van der Waals surface area contributed by atoms with Gasteiger partial charge in [-0.15, -0.1) is 0 Å². The molecular weight excluding hydrogens is 1060 g/mol. The Bertz CT molecular complexity index is 2430. The second kappa shape index (κ2) is 25.9. The van der Waals surface area contributed by atoms with Gasteiger partial charge >= 0.3 is 0 Å². The predicted molar refractivity (Wildman–Crippen MR) is 361 cm³/mol. The highest BCUT2D eigenvalue weighted by Crippen LogP contribution is 2.48. The lowest BCUT2D eigenvalue weighted by Gasteiger charge is -2.52. The lowest BCUT2D eigenvalue weighted by Crippen LogP contribution is -2.58. The quantitative estimate of drug-likeness (QED) is 0.0812. The summed E-state index contributed by atoms with van der Waals surface area (Å²) in [5.41, 5.74) is 11.0. The Morgan fingerprint density at radius 1 is 0.256 bits per heavy atom. The molecule has 8 rings (SSSR count). The first-order chi connectivity index (χ1) is 39.9. The van der Waals surface area contributed by atoms with E-state index in [4.69, 9.17) is 19.4 Å². The third-order valence-corrected chi connectivity index (χ3v) is 20.4. The molecule has 4 saturated heterocycles. The van der Waals surface area contributed by atoms with Gasteiger partial charge in [-0.1, -0.05) is 152 Å². The fourth-order valence-electron chi connectivity index (χ4n) is 16.0. The molecular formula is C78H120N4O4. The molecule has 476 valence electrons. The van der Waals surface area contributed by atoms with Gasteiger partial charge in [0.2, 0.25) is 0 Å². The third kappa shape index (κ3) is 14.9. The zero-order valence-electron chi connectivity index (χ0n) is 58.8. The summed E-state index contributed by atoms with van der Waals surface area (Å²) in [6, 6.07) is 37.6. The van der Waals surface area contributed by atoms with Gasteiger partial charge in [0, 0.05) is 44.3 Å². The first kappa shape index (κ1) is 68.2. The van der Waals surface area contributed by atoms with E-state index in [1.54, 1.807) is 0 Å². The summed E-state index contributed by atoms with van der Waals surface area (Å²) >= 11 is 0. The summed E-state index contributed by atoms with van der Waals surface area (Å²) in [4.78, 5) is 29.2. The molecule has 0 aromatic heterocycles. The number of hydrogen-bond donors (Lipinski definition) is 0. The van der Waals surface area contributed by atoms with Gasteiger partial charge in [0.1, 0.15) is 24.4 Å². The van der Waals surface area contributed by atoms with E-state index in [0.29, 0.717) is 0 Å². The van der Waals surface area contributed by atoms with E-state index in [1.165, 1.54) is 59.1 Å². The lowest BCUT2D eigenvalue weighted by atomic mass is 9.82. The molecule has 86 heavy (non-hydrogen) atoms. The van der Waals surface area contributed by atoms with Crippen LogP contribution in [0.5, 0.6) is 0 Å². The summed E-state index contributed by atoms with van der Waals surface area (Å²) in [5.74, 6) is 0.993. The number of nitrogens with zero attached hydrogens (tertiary/aromatic N) is 4. The molecule has 4 atom stereocenters. The van der Waals surface area contributed by atoms with Crippen molar-refractivity contribution >= 4 is 11.1 Å². The van der Waals surface area contributed by atoms with E-state index in [9.17, 15) is 0 Å². The van der Waals surface area contributed by atoms with Gasteiger partial charge in [-0.05, 0) is 267 Å². The van der Waals surface area contributed by atoms with Crippen LogP contribution in [0.1, 0.15) is 312 Å². The minimum absolute atomic E-state index is 0.0826. The smallest absolute Gasteiger partial charge is 0.107 e. The average molecular weight is 1180 g/mol. The van der Waals surface area contributed by atoms with E-state index >= 15 is 0 Å². The Hall–Kier alpha value is -3.70. The van der Waals surface area contributed by atoms with Crippen molar-refractivity contribution in [3.63, 3.8) is 0 Å². The lowest BCUT2D eigenvalue weighted by molar-refractivity contribution is -0.313. The van der Waals surface area contributed by atoms with Crippen molar-refractivity contribution in [2.24, 2.45) is 23.7 Å². The normalized spacial score (nSPS) is 23.5. The summed E-state index contributed by atoms with van der Waals surface area (Å²) in [5, 5.41) is 9.37. The second-order valence-corrected chi connectivity index (χ2v) is 33.4. The molecule has 0 aliphatic carbocycles. The maximum atomic E-state index is 7.29. The molecule has 0 saturated carbocycles. The minimum atomic E-state index is -0.121. The number of hydrogen-bond acceptors (Lipinski definition) is 8. The van der Waals surface area contributed by atoms with Crippen LogP contribution < -0.4 is 0 Å². The van der Waals surface area contributed by atoms with Crippen LogP contribution in [0.4, 0.5) is 0 Å². The van der Waals surface area contributed by atoms with Crippen LogP contribution in [0.15, 0.2) is 97.1 Å². The summed E-state index contributed by atoms with van der Waals surface area (Å²) < 4.78 is 0. The maximum Gasteiger partial charge on any atom is 0.107 e. The van der Waals surface area contributed by atoms with Gasteiger partial charge in [-0.25, -0.2) is 0 Å². The maximum absolute atomic E-state index is 7.29. The van der Waals surface area contributed by atoms with Crippen molar-refractivity contribution in [1.29, 1.82) is 0 Å². The fourth-order valence-corrected chi connectivity index (χ4v) is 16.0. The molecule has 0 N–H and O–H groups in total. The number of hydroxylamine groups is 8. The van der Waals surface area contributed by atoms with Crippen LogP contribution >= 0.6 is 0 Å². The van der Waals surface area contributed by atoms with Crippen LogP contribution in [0.3, 0.4) is 0 Å². The Balaban J connectivity index is 1.32. The standard InChI is InChI=1S/C78H120N4O4/c1-53(2)67(83-79-71(9,10)45-25-46-72(79,11)12)61-37-29-57(30-38-61)65(58-31-39-62(40-32-58)68(54(3)4)84-80-73(13,14)47-26-48-74(80,15)16)66(59-33-41-63(42-34-59)69(55(5)6)85-81-75(17,18)49-27-50-76(81,19)20)60-35-43-64(44-36-60)70(56(7)8)86-82-77(21,22)51-28-52-78(82,23)24/h29-44,53-56,67-70H,25-28,45-52H2,1-24H3. The van der Waals surface area contributed by atoms with Crippen LogP contribution in [-0.2, 0) is 19.4 Å². The zero-order chi connectivity index (χ0) is 63.3. The SMILES string of the molecule is CC(C)C(ON1C(C)(C)CCCC1(C)C)c1ccc(C(=C(c2ccc(C(ON3C(C)(C)CCCC3(C)C)C(C)C)cc2)c2ccc(C(ON3C(C)(C)CCCC3(C)C)C(C)C)cc2)c2ccc(C(ON3C(C)(C)CCCC3(C)C)C(C)C)cc2)cc1. The van der Waals surface area contributed by atoms with Crippen LogP contribution in [0.25, 0.3) is 11.1 Å². The Morgan fingerprint density at radius 3 is 0.523 bits per heavy atom. The van der Waals surface area contributed by atoms with Crippen molar-refractivity contribution < 1.29 is 19.4 Å². The summed E-state index contributed by atoms with van der Waals surface area (Å²) in [6.45, 7) is 56.0. The largest absolute Gasteiger partial charge is 0.290 e. The van der Waals surface area contributed by atoms with Gasteiger partial charge in [0.15, 0.2) is 0 Å². The minimum Gasteiger partial charge on any atom is -0.290 e. The Kier molecular flexibility index (Phi) is 20.5. The van der Waals surface area contributed by atoms with Crippen molar-refractivity contribution in [2.45, 2.75) is 312 Å². The van der Waals surface area contributed by atoms with Gasteiger partial charge in [-0.3, -0.25) is 19.4 Å². The second-order valence-electron chi connectivity index (χ2n) is 33.4. The molecule has 4 aliphatic rings. The monoisotopic (exact) mass is 1180 g/mol. The van der Waals surface area contributed by atoms with E-state index < -0.39 is 0 Å². The van der Waals surface area contributed by atoms with E-state index in [0.717, 1.165) is 73.6 Å². The molecule has 0 amide bonds. The molecule has 4 aliphatic heterocycles.